The highest BCUT2D eigenvalue weighted by atomic mass is 16.5. The van der Waals surface area contributed by atoms with Gasteiger partial charge < -0.3 is 9.47 Å². The molecular formula is C25H36O3. The average Bonchev–Trinajstić information content (AvgIpc) is 2.59. The highest BCUT2D eigenvalue weighted by molar-refractivity contribution is 5.71. The molecule has 2 unspecified atom stereocenters. The molecule has 0 amide bonds. The third-order valence-corrected chi connectivity index (χ3v) is 6.33. The van der Waals surface area contributed by atoms with Crippen LogP contribution in [-0.4, -0.2) is 11.6 Å². The number of carbonyl (C=O) groups excluding carboxylic acids is 1. The van der Waals surface area contributed by atoms with E-state index in [4.69, 9.17) is 9.47 Å². The Balaban J connectivity index is 1.95. The second kappa shape index (κ2) is 8.71. The molecule has 0 aromatic heterocycles. The highest BCUT2D eigenvalue weighted by Crippen LogP contribution is 2.53. The Morgan fingerprint density at radius 1 is 1.21 bits per heavy atom. The number of fused-ring (bicyclic) bond motifs is 3. The molecule has 1 aliphatic heterocycles. The maximum atomic E-state index is 11.8. The quantitative estimate of drug-likeness (QED) is 0.226. The fraction of sp³-hybridized carbons (Fsp3) is 0.640. The first-order valence-electron chi connectivity index (χ1n) is 11.0. The van der Waals surface area contributed by atoms with Gasteiger partial charge in [-0.25, -0.2) is 0 Å². The molecule has 28 heavy (non-hydrogen) atoms. The molecule has 0 N–H and O–H groups in total. The van der Waals surface area contributed by atoms with Gasteiger partial charge in [0.25, 0.3) is 0 Å². The summed E-state index contributed by atoms with van der Waals surface area (Å²) in [7, 11) is 0. The molecule has 0 fully saturated rings. The Hall–Kier alpha value is -1.77. The van der Waals surface area contributed by atoms with Gasteiger partial charge in [0, 0.05) is 24.3 Å². The highest BCUT2D eigenvalue weighted by Gasteiger charge is 2.45. The Bertz CT molecular complexity index is 744. The van der Waals surface area contributed by atoms with Crippen LogP contribution < -0.4 is 9.47 Å². The molecule has 0 spiro atoms. The fourth-order valence-corrected chi connectivity index (χ4v) is 4.88. The van der Waals surface area contributed by atoms with E-state index in [2.05, 4.69) is 45.9 Å². The van der Waals surface area contributed by atoms with Gasteiger partial charge in [-0.1, -0.05) is 44.3 Å². The van der Waals surface area contributed by atoms with E-state index >= 15 is 0 Å². The number of hydrogen-bond donors (Lipinski definition) is 0. The van der Waals surface area contributed by atoms with Crippen LogP contribution in [0, 0.1) is 5.92 Å². The lowest BCUT2D eigenvalue weighted by Crippen LogP contribution is -2.45. The molecule has 0 radical (unpaired) electrons. The van der Waals surface area contributed by atoms with Crippen molar-refractivity contribution in [3.63, 3.8) is 0 Å². The zero-order valence-electron chi connectivity index (χ0n) is 18.3. The van der Waals surface area contributed by atoms with Crippen molar-refractivity contribution in [2.75, 3.05) is 0 Å². The summed E-state index contributed by atoms with van der Waals surface area (Å²) in [6.45, 7) is 10.3. The van der Waals surface area contributed by atoms with Gasteiger partial charge in [0.1, 0.15) is 17.1 Å². The number of allylic oxidation sites excluding steroid dienone is 2. The molecule has 1 aromatic carbocycles. The lowest BCUT2D eigenvalue weighted by atomic mass is 9.68. The largest absolute Gasteiger partial charge is 0.487 e. The van der Waals surface area contributed by atoms with E-state index in [-0.39, 0.29) is 17.5 Å². The van der Waals surface area contributed by atoms with Crippen LogP contribution >= 0.6 is 0 Å². The SMILES string of the molecule is CCCCCCCc1cc(OC(C)=O)c2c(c1)OC(C)(C)C1CCC(C)=CC21. The Morgan fingerprint density at radius 2 is 1.96 bits per heavy atom. The second-order valence-electron chi connectivity index (χ2n) is 9.15. The van der Waals surface area contributed by atoms with Crippen LogP contribution in [-0.2, 0) is 11.2 Å². The third kappa shape index (κ3) is 4.61. The summed E-state index contributed by atoms with van der Waals surface area (Å²) in [5.41, 5.74) is 3.46. The second-order valence-corrected chi connectivity index (χ2v) is 9.15. The fourth-order valence-electron chi connectivity index (χ4n) is 4.88. The van der Waals surface area contributed by atoms with Crippen molar-refractivity contribution in [2.24, 2.45) is 5.92 Å². The van der Waals surface area contributed by atoms with E-state index in [0.29, 0.717) is 11.7 Å². The van der Waals surface area contributed by atoms with Crippen LogP contribution in [0.4, 0.5) is 0 Å². The van der Waals surface area contributed by atoms with Gasteiger partial charge >= 0.3 is 5.97 Å². The molecular weight excluding hydrogens is 348 g/mol. The van der Waals surface area contributed by atoms with Crippen LogP contribution in [0.15, 0.2) is 23.8 Å². The summed E-state index contributed by atoms with van der Waals surface area (Å²) in [6, 6.07) is 4.27. The summed E-state index contributed by atoms with van der Waals surface area (Å²) in [5.74, 6) is 1.99. The van der Waals surface area contributed by atoms with E-state index in [0.717, 1.165) is 37.0 Å². The van der Waals surface area contributed by atoms with Gasteiger partial charge in [0.05, 0.1) is 0 Å². The lowest BCUT2D eigenvalue weighted by Gasteiger charge is -2.46. The van der Waals surface area contributed by atoms with Crippen LogP contribution in [0.2, 0.25) is 0 Å². The molecule has 1 aliphatic carbocycles. The number of carbonyl (C=O) groups is 1. The van der Waals surface area contributed by atoms with Crippen molar-refractivity contribution in [1.29, 1.82) is 0 Å². The number of hydrogen-bond acceptors (Lipinski definition) is 3. The van der Waals surface area contributed by atoms with Crippen molar-refractivity contribution in [2.45, 2.75) is 97.5 Å². The zero-order valence-corrected chi connectivity index (χ0v) is 18.3. The van der Waals surface area contributed by atoms with E-state index in [9.17, 15) is 4.79 Å². The topological polar surface area (TPSA) is 35.5 Å². The number of aryl methyl sites for hydroxylation is 1. The normalized spacial score (nSPS) is 22.5. The molecule has 0 bridgehead atoms. The predicted octanol–water partition coefficient (Wildman–Crippen LogP) is 6.74. The smallest absolute Gasteiger partial charge is 0.308 e. The molecule has 2 atom stereocenters. The minimum atomic E-state index is -0.264. The van der Waals surface area contributed by atoms with Crippen LogP contribution in [0.1, 0.15) is 96.6 Å². The van der Waals surface area contributed by atoms with Crippen molar-refractivity contribution >= 4 is 5.97 Å². The molecule has 154 valence electrons. The Morgan fingerprint density at radius 3 is 2.68 bits per heavy atom. The Labute approximate surface area is 170 Å². The molecule has 1 aromatic rings. The van der Waals surface area contributed by atoms with Crippen LogP contribution in [0.5, 0.6) is 11.5 Å². The number of esters is 1. The molecule has 2 aliphatic rings. The maximum absolute atomic E-state index is 11.8. The first kappa shape index (κ1) is 21.0. The minimum absolute atomic E-state index is 0.220. The van der Waals surface area contributed by atoms with Gasteiger partial charge in [-0.3, -0.25) is 4.79 Å². The van der Waals surface area contributed by atoms with Gasteiger partial charge in [-0.2, -0.15) is 0 Å². The molecule has 3 heteroatoms. The average molecular weight is 385 g/mol. The summed E-state index contributed by atoms with van der Waals surface area (Å²) in [5, 5.41) is 0. The number of ether oxygens (including phenoxy) is 2. The maximum Gasteiger partial charge on any atom is 0.308 e. The first-order chi connectivity index (χ1) is 13.3. The molecule has 3 rings (SSSR count). The lowest BCUT2D eigenvalue weighted by molar-refractivity contribution is -0.132. The van der Waals surface area contributed by atoms with E-state index in [1.807, 2.05) is 0 Å². The van der Waals surface area contributed by atoms with Crippen LogP contribution in [0.25, 0.3) is 0 Å². The standard InChI is InChI=1S/C25H36O3/c1-6-7-8-9-10-11-19-15-22(27-18(3)26)24-20-14-17(2)12-13-21(20)25(4,5)28-23(24)16-19/h14-16,20-21H,6-13H2,1-5H3. The van der Waals surface area contributed by atoms with Gasteiger partial charge in [0.2, 0.25) is 0 Å². The van der Waals surface area contributed by atoms with Gasteiger partial charge in [-0.05, 0) is 64.2 Å². The van der Waals surface area contributed by atoms with E-state index in [1.165, 1.54) is 43.7 Å². The molecule has 0 saturated heterocycles. The number of benzene rings is 1. The monoisotopic (exact) mass is 384 g/mol. The van der Waals surface area contributed by atoms with Crippen molar-refractivity contribution < 1.29 is 14.3 Å². The van der Waals surface area contributed by atoms with E-state index < -0.39 is 0 Å². The summed E-state index contributed by atoms with van der Waals surface area (Å²) in [6.07, 6.45) is 11.8. The minimum Gasteiger partial charge on any atom is -0.487 e. The van der Waals surface area contributed by atoms with Crippen molar-refractivity contribution in [3.05, 3.63) is 34.9 Å². The third-order valence-electron chi connectivity index (χ3n) is 6.33. The number of unbranched alkanes of at least 4 members (excludes halogenated alkanes) is 4. The molecule has 1 heterocycles. The summed E-state index contributed by atoms with van der Waals surface area (Å²) >= 11 is 0. The molecule has 0 saturated carbocycles. The first-order valence-corrected chi connectivity index (χ1v) is 11.0. The van der Waals surface area contributed by atoms with Gasteiger partial charge in [0.15, 0.2) is 0 Å². The van der Waals surface area contributed by atoms with Crippen LogP contribution in [0.3, 0.4) is 0 Å². The summed E-state index contributed by atoms with van der Waals surface area (Å²) < 4.78 is 12.2. The predicted molar refractivity (Wildman–Crippen MR) is 114 cm³/mol. The van der Waals surface area contributed by atoms with Crippen molar-refractivity contribution in [1.82, 2.24) is 0 Å². The number of rotatable bonds is 7. The Kier molecular flexibility index (Phi) is 6.52. The molecule has 3 nitrogen and oxygen atoms in total. The summed E-state index contributed by atoms with van der Waals surface area (Å²) in [4.78, 5) is 11.8. The van der Waals surface area contributed by atoms with E-state index in [1.54, 1.807) is 0 Å². The van der Waals surface area contributed by atoms with Gasteiger partial charge in [-0.15, -0.1) is 0 Å². The zero-order chi connectivity index (χ0) is 20.3. The van der Waals surface area contributed by atoms with Crippen molar-refractivity contribution in [3.8, 4) is 11.5 Å².